The Hall–Kier alpha value is -2.61. The number of hydrogen-bond donors (Lipinski definition) is 2. The van der Waals surface area contributed by atoms with Gasteiger partial charge in [-0.3, -0.25) is 4.79 Å². The maximum absolute atomic E-state index is 12.8. The van der Waals surface area contributed by atoms with Gasteiger partial charge in [-0.2, -0.15) is 10.1 Å². The summed E-state index contributed by atoms with van der Waals surface area (Å²) in [6.45, 7) is 5.88. The summed E-state index contributed by atoms with van der Waals surface area (Å²) in [5.41, 5.74) is 7.17. The van der Waals surface area contributed by atoms with Crippen LogP contribution in [0.25, 0.3) is 0 Å². The third-order valence-corrected chi connectivity index (χ3v) is 4.31. The van der Waals surface area contributed by atoms with Gasteiger partial charge in [0.25, 0.3) is 5.91 Å². The van der Waals surface area contributed by atoms with Crippen molar-refractivity contribution in [2.24, 2.45) is 5.73 Å². The van der Waals surface area contributed by atoms with Crippen molar-refractivity contribution in [1.82, 2.24) is 20.1 Å². The molecular weight excluding hydrogens is 320 g/mol. The lowest BCUT2D eigenvalue weighted by molar-refractivity contribution is 0.0745. The number of hydrogen-bond acceptors (Lipinski definition) is 6. The number of carbonyl (C=O) groups excluding carboxylic acids is 1. The number of ether oxygens (including phenoxy) is 1. The van der Waals surface area contributed by atoms with Gasteiger partial charge in [-0.25, -0.2) is 5.10 Å². The number of piperazine rings is 1. The van der Waals surface area contributed by atoms with Gasteiger partial charge in [0.15, 0.2) is 0 Å². The first-order chi connectivity index (χ1) is 12.2. The smallest absolute Gasteiger partial charge is 0.254 e. The monoisotopic (exact) mass is 344 g/mol. The molecule has 0 spiro atoms. The number of aryl methyl sites for hydroxylation is 1. The number of rotatable bonds is 6. The summed E-state index contributed by atoms with van der Waals surface area (Å²) < 4.78 is 5.74. The van der Waals surface area contributed by atoms with Gasteiger partial charge in [0.2, 0.25) is 5.95 Å². The van der Waals surface area contributed by atoms with Crippen LogP contribution in [0.3, 0.4) is 0 Å². The predicted octanol–water partition coefficient (Wildman–Crippen LogP) is 0.803. The molecule has 0 aliphatic carbocycles. The van der Waals surface area contributed by atoms with E-state index in [2.05, 4.69) is 20.1 Å². The molecule has 8 heteroatoms. The summed E-state index contributed by atoms with van der Waals surface area (Å²) in [7, 11) is 0. The van der Waals surface area contributed by atoms with Gasteiger partial charge in [0, 0.05) is 31.7 Å². The number of nitrogens with zero attached hydrogens (tertiary/aromatic N) is 4. The van der Waals surface area contributed by atoms with Crippen molar-refractivity contribution in [2.45, 2.75) is 13.3 Å². The quantitative estimate of drug-likeness (QED) is 0.752. The third kappa shape index (κ3) is 4.08. The Morgan fingerprint density at radius 3 is 2.80 bits per heavy atom. The highest BCUT2D eigenvalue weighted by atomic mass is 16.5. The molecule has 1 aromatic heterocycles. The Morgan fingerprint density at radius 2 is 2.12 bits per heavy atom. The van der Waals surface area contributed by atoms with Crippen molar-refractivity contribution >= 4 is 11.9 Å². The van der Waals surface area contributed by atoms with Crippen LogP contribution in [0.15, 0.2) is 24.5 Å². The fourth-order valence-corrected chi connectivity index (χ4v) is 2.81. The van der Waals surface area contributed by atoms with Gasteiger partial charge in [0.1, 0.15) is 12.1 Å². The molecule has 8 nitrogen and oxygen atoms in total. The Labute approximate surface area is 147 Å². The van der Waals surface area contributed by atoms with Crippen molar-refractivity contribution in [3.05, 3.63) is 35.7 Å². The molecule has 3 rings (SSSR count). The SMILES string of the molecule is Cc1ccc(C(=O)N2CCN(c3ncn[nH]3)CC2)cc1OCCCN. The van der Waals surface area contributed by atoms with Crippen LogP contribution in [-0.2, 0) is 0 Å². The van der Waals surface area contributed by atoms with Crippen molar-refractivity contribution in [3.63, 3.8) is 0 Å². The highest BCUT2D eigenvalue weighted by Crippen LogP contribution is 2.21. The van der Waals surface area contributed by atoms with Crippen LogP contribution in [0.1, 0.15) is 22.3 Å². The van der Waals surface area contributed by atoms with Crippen molar-refractivity contribution in [3.8, 4) is 5.75 Å². The normalized spacial score (nSPS) is 14.6. The van der Waals surface area contributed by atoms with E-state index in [1.165, 1.54) is 6.33 Å². The molecular formula is C17H24N6O2. The van der Waals surface area contributed by atoms with Gasteiger partial charge in [-0.05, 0) is 37.6 Å². The standard InChI is InChI=1S/C17H24N6O2/c1-13-3-4-14(11-15(13)25-10-2-5-18)16(24)22-6-8-23(9-7-22)17-19-12-20-21-17/h3-4,11-12H,2,5-10,18H2,1H3,(H,19,20,21). The number of carbonyl (C=O) groups is 1. The first kappa shape index (κ1) is 17.2. The number of aromatic nitrogens is 3. The molecule has 1 saturated heterocycles. The molecule has 1 aromatic carbocycles. The number of benzene rings is 1. The highest BCUT2D eigenvalue weighted by molar-refractivity contribution is 5.95. The first-order valence-electron chi connectivity index (χ1n) is 8.52. The second kappa shape index (κ2) is 7.98. The number of nitrogens with one attached hydrogen (secondary N) is 1. The van der Waals surface area contributed by atoms with Crippen molar-refractivity contribution in [1.29, 1.82) is 0 Å². The van der Waals surface area contributed by atoms with Crippen LogP contribution in [0, 0.1) is 6.92 Å². The minimum Gasteiger partial charge on any atom is -0.493 e. The summed E-state index contributed by atoms with van der Waals surface area (Å²) in [4.78, 5) is 20.9. The van der Waals surface area contributed by atoms with Crippen LogP contribution < -0.4 is 15.4 Å². The third-order valence-electron chi connectivity index (χ3n) is 4.31. The lowest BCUT2D eigenvalue weighted by Gasteiger charge is -2.34. The predicted molar refractivity (Wildman–Crippen MR) is 94.8 cm³/mol. The molecule has 134 valence electrons. The average molecular weight is 344 g/mol. The van der Waals surface area contributed by atoms with E-state index in [-0.39, 0.29) is 5.91 Å². The minimum absolute atomic E-state index is 0.0286. The van der Waals surface area contributed by atoms with E-state index in [1.807, 2.05) is 30.0 Å². The molecule has 1 fully saturated rings. The number of H-pyrrole nitrogens is 1. The summed E-state index contributed by atoms with van der Waals surface area (Å²) in [5.74, 6) is 1.53. The summed E-state index contributed by atoms with van der Waals surface area (Å²) in [6, 6.07) is 5.61. The van der Waals surface area contributed by atoms with Gasteiger partial charge >= 0.3 is 0 Å². The van der Waals surface area contributed by atoms with Crippen LogP contribution >= 0.6 is 0 Å². The van der Waals surface area contributed by atoms with E-state index in [0.29, 0.717) is 31.8 Å². The Kier molecular flexibility index (Phi) is 5.49. The molecule has 0 unspecified atom stereocenters. The maximum Gasteiger partial charge on any atom is 0.254 e. The Balaban J connectivity index is 1.62. The number of nitrogens with two attached hydrogens (primary N) is 1. The molecule has 2 aromatic rings. The number of amides is 1. The molecule has 0 radical (unpaired) electrons. The number of anilines is 1. The fraction of sp³-hybridized carbons (Fsp3) is 0.471. The summed E-state index contributed by atoms with van der Waals surface area (Å²) >= 11 is 0. The molecule has 0 bridgehead atoms. The molecule has 1 amide bonds. The van der Waals surface area contributed by atoms with E-state index in [1.54, 1.807) is 0 Å². The zero-order valence-corrected chi connectivity index (χ0v) is 14.4. The Bertz CT molecular complexity index is 695. The fourth-order valence-electron chi connectivity index (χ4n) is 2.81. The second-order valence-electron chi connectivity index (χ2n) is 6.06. The molecule has 2 heterocycles. The first-order valence-corrected chi connectivity index (χ1v) is 8.52. The number of aromatic amines is 1. The average Bonchev–Trinajstić information content (AvgIpc) is 3.18. The Morgan fingerprint density at radius 1 is 1.32 bits per heavy atom. The minimum atomic E-state index is 0.0286. The van der Waals surface area contributed by atoms with Gasteiger partial charge < -0.3 is 20.3 Å². The van der Waals surface area contributed by atoms with Crippen LogP contribution in [0.4, 0.5) is 5.95 Å². The van der Waals surface area contributed by atoms with Gasteiger partial charge in [0.05, 0.1) is 6.61 Å². The molecule has 1 aliphatic heterocycles. The molecule has 3 N–H and O–H groups in total. The topological polar surface area (TPSA) is 100 Å². The molecule has 25 heavy (non-hydrogen) atoms. The second-order valence-corrected chi connectivity index (χ2v) is 6.06. The van der Waals surface area contributed by atoms with E-state index >= 15 is 0 Å². The van der Waals surface area contributed by atoms with E-state index in [9.17, 15) is 4.79 Å². The van der Waals surface area contributed by atoms with E-state index < -0.39 is 0 Å². The van der Waals surface area contributed by atoms with Crippen LogP contribution in [0.5, 0.6) is 5.75 Å². The summed E-state index contributed by atoms with van der Waals surface area (Å²) in [5, 5.41) is 6.72. The van der Waals surface area contributed by atoms with E-state index in [4.69, 9.17) is 10.5 Å². The molecule has 0 saturated carbocycles. The lowest BCUT2D eigenvalue weighted by Crippen LogP contribution is -2.49. The van der Waals surface area contributed by atoms with Gasteiger partial charge in [-0.15, -0.1) is 0 Å². The van der Waals surface area contributed by atoms with Gasteiger partial charge in [-0.1, -0.05) is 6.07 Å². The zero-order valence-electron chi connectivity index (χ0n) is 14.4. The van der Waals surface area contributed by atoms with E-state index in [0.717, 1.165) is 36.8 Å². The van der Waals surface area contributed by atoms with Crippen LogP contribution in [0.2, 0.25) is 0 Å². The lowest BCUT2D eigenvalue weighted by atomic mass is 10.1. The highest BCUT2D eigenvalue weighted by Gasteiger charge is 2.23. The maximum atomic E-state index is 12.8. The van der Waals surface area contributed by atoms with Crippen molar-refractivity contribution in [2.75, 3.05) is 44.2 Å². The zero-order chi connectivity index (χ0) is 17.6. The van der Waals surface area contributed by atoms with Crippen molar-refractivity contribution < 1.29 is 9.53 Å². The largest absolute Gasteiger partial charge is 0.493 e. The molecule has 1 aliphatic rings. The molecule has 0 atom stereocenters. The summed E-state index contributed by atoms with van der Waals surface area (Å²) in [6.07, 6.45) is 2.28. The van der Waals surface area contributed by atoms with Crippen LogP contribution in [-0.4, -0.2) is 65.3 Å².